The molecule has 4 bridgehead atoms. The minimum Gasteiger partial charge on any atom is -0.363 e. The van der Waals surface area contributed by atoms with Gasteiger partial charge in [0.05, 0.1) is 11.1 Å². The third-order valence-corrected chi connectivity index (χ3v) is 6.51. The fourth-order valence-electron chi connectivity index (χ4n) is 5.75. The smallest absolute Gasteiger partial charge is 0.290 e. The first-order valence-corrected chi connectivity index (χ1v) is 9.52. The van der Waals surface area contributed by atoms with Gasteiger partial charge in [0, 0.05) is 5.69 Å². The Hall–Kier alpha value is -2.77. The maximum Gasteiger partial charge on any atom is 0.290 e. The Labute approximate surface area is 156 Å². The molecule has 4 aliphatic carbocycles. The van der Waals surface area contributed by atoms with Crippen molar-refractivity contribution >= 4 is 17.5 Å². The Morgan fingerprint density at radius 2 is 1.63 bits per heavy atom. The molecule has 27 heavy (non-hydrogen) atoms. The summed E-state index contributed by atoms with van der Waals surface area (Å²) in [5.41, 5.74) is 6.37. The molecule has 1 aromatic heterocycles. The van der Waals surface area contributed by atoms with Crippen LogP contribution in [0.25, 0.3) is 5.69 Å². The van der Waals surface area contributed by atoms with Crippen molar-refractivity contribution in [1.82, 2.24) is 20.2 Å². The van der Waals surface area contributed by atoms with Crippen molar-refractivity contribution in [3.8, 4) is 5.69 Å². The van der Waals surface area contributed by atoms with E-state index in [1.54, 1.807) is 12.1 Å². The number of benzene rings is 1. The Bertz CT molecular complexity index is 868. The number of primary amides is 1. The van der Waals surface area contributed by atoms with Gasteiger partial charge in [-0.1, -0.05) is 0 Å². The minimum absolute atomic E-state index is 0.130. The lowest BCUT2D eigenvalue weighted by Gasteiger charge is -2.55. The first-order valence-electron chi connectivity index (χ1n) is 9.52. The van der Waals surface area contributed by atoms with E-state index >= 15 is 0 Å². The topological polar surface area (TPSA) is 116 Å². The minimum atomic E-state index is -0.722. The molecule has 2 amide bonds. The van der Waals surface area contributed by atoms with E-state index < -0.39 is 5.91 Å². The number of aromatic nitrogens is 4. The zero-order valence-corrected chi connectivity index (χ0v) is 15.0. The lowest BCUT2D eigenvalue weighted by Crippen LogP contribution is -2.51. The predicted molar refractivity (Wildman–Crippen MR) is 96.9 cm³/mol. The molecule has 6 rings (SSSR count). The van der Waals surface area contributed by atoms with E-state index in [9.17, 15) is 9.59 Å². The summed E-state index contributed by atoms with van der Waals surface area (Å²) < 4.78 is 0. The first-order chi connectivity index (χ1) is 13.0. The van der Waals surface area contributed by atoms with Crippen molar-refractivity contribution in [3.63, 3.8) is 0 Å². The summed E-state index contributed by atoms with van der Waals surface area (Å²) in [6.07, 6.45) is 7.09. The zero-order chi connectivity index (χ0) is 18.6. The van der Waals surface area contributed by atoms with Gasteiger partial charge in [-0.05, 0) is 85.8 Å². The number of carbonyl (C=O) groups is 2. The van der Waals surface area contributed by atoms with E-state index in [0.717, 1.165) is 42.7 Å². The van der Waals surface area contributed by atoms with Crippen LogP contribution in [-0.4, -0.2) is 32.0 Å². The highest BCUT2D eigenvalue weighted by Crippen LogP contribution is 2.60. The van der Waals surface area contributed by atoms with E-state index in [1.165, 1.54) is 24.1 Å². The highest BCUT2D eigenvalue weighted by atomic mass is 16.2. The summed E-state index contributed by atoms with van der Waals surface area (Å²) in [5, 5.41) is 14.5. The quantitative estimate of drug-likeness (QED) is 0.857. The fraction of sp³-hybridized carbons (Fsp3) is 0.526. The summed E-state index contributed by atoms with van der Waals surface area (Å²) in [6.45, 7) is 0. The Balaban J connectivity index is 1.31. The SMILES string of the molecule is NC(=O)c1nnn(-c2ccc(NC(=O)C34CC5CC(CC(C5)C3)C4)cc2)n1. The average molecular weight is 366 g/mol. The van der Waals surface area contributed by atoms with Gasteiger partial charge in [0.2, 0.25) is 5.91 Å². The van der Waals surface area contributed by atoms with Crippen molar-refractivity contribution in [2.45, 2.75) is 38.5 Å². The van der Waals surface area contributed by atoms with Crippen LogP contribution in [0, 0.1) is 23.2 Å². The molecule has 140 valence electrons. The molecule has 8 nitrogen and oxygen atoms in total. The molecular weight excluding hydrogens is 344 g/mol. The molecule has 0 atom stereocenters. The standard InChI is InChI=1S/C19H22N6O2/c20-16(26)17-22-24-25(23-17)15-3-1-14(2-4-15)21-18(27)19-8-11-5-12(9-19)7-13(6-11)10-19/h1-4,11-13H,5-10H2,(H2,20,26)(H,21,27). The Morgan fingerprint density at radius 1 is 1.04 bits per heavy atom. The van der Waals surface area contributed by atoms with Gasteiger partial charge >= 0.3 is 0 Å². The molecule has 0 spiro atoms. The fourth-order valence-corrected chi connectivity index (χ4v) is 5.75. The molecular formula is C19H22N6O2. The molecule has 0 saturated heterocycles. The summed E-state index contributed by atoms with van der Waals surface area (Å²) >= 11 is 0. The Morgan fingerprint density at radius 3 is 2.15 bits per heavy atom. The average Bonchev–Trinajstić information content (AvgIpc) is 3.11. The highest BCUT2D eigenvalue weighted by Gasteiger charge is 2.54. The van der Waals surface area contributed by atoms with E-state index in [2.05, 4.69) is 20.7 Å². The molecule has 1 aromatic carbocycles. The van der Waals surface area contributed by atoms with Crippen molar-refractivity contribution in [2.75, 3.05) is 5.32 Å². The van der Waals surface area contributed by atoms with Crippen LogP contribution in [0.2, 0.25) is 0 Å². The predicted octanol–water partition coefficient (Wildman–Crippen LogP) is 1.92. The number of hydrogen-bond acceptors (Lipinski definition) is 5. The van der Waals surface area contributed by atoms with Crippen LogP contribution in [0.3, 0.4) is 0 Å². The molecule has 0 unspecified atom stereocenters. The van der Waals surface area contributed by atoms with Crippen LogP contribution < -0.4 is 11.1 Å². The summed E-state index contributed by atoms with van der Waals surface area (Å²) in [7, 11) is 0. The van der Waals surface area contributed by atoms with Gasteiger partial charge in [-0.2, -0.15) is 0 Å². The molecule has 1 heterocycles. The monoisotopic (exact) mass is 366 g/mol. The molecule has 0 aliphatic heterocycles. The molecule has 4 aliphatic rings. The van der Waals surface area contributed by atoms with Crippen LogP contribution in [0.15, 0.2) is 24.3 Å². The normalized spacial score (nSPS) is 31.0. The van der Waals surface area contributed by atoms with Gasteiger partial charge < -0.3 is 11.1 Å². The number of tetrazole rings is 1. The lowest BCUT2D eigenvalue weighted by molar-refractivity contribution is -0.140. The molecule has 8 heteroatoms. The third kappa shape index (κ3) is 2.79. The van der Waals surface area contributed by atoms with Gasteiger partial charge in [-0.25, -0.2) is 0 Å². The van der Waals surface area contributed by atoms with Crippen molar-refractivity contribution in [1.29, 1.82) is 0 Å². The van der Waals surface area contributed by atoms with Crippen LogP contribution in [0.1, 0.15) is 49.1 Å². The van der Waals surface area contributed by atoms with Gasteiger partial charge in [0.25, 0.3) is 11.7 Å². The number of nitrogens with two attached hydrogens (primary N) is 1. The number of hydrogen-bond donors (Lipinski definition) is 2. The second-order valence-corrected chi connectivity index (χ2v) is 8.47. The van der Waals surface area contributed by atoms with Gasteiger partial charge in [-0.15, -0.1) is 15.0 Å². The zero-order valence-electron chi connectivity index (χ0n) is 15.0. The van der Waals surface area contributed by atoms with Crippen molar-refractivity contribution in [2.24, 2.45) is 28.9 Å². The van der Waals surface area contributed by atoms with E-state index in [0.29, 0.717) is 5.69 Å². The number of nitrogens with one attached hydrogen (secondary N) is 1. The molecule has 2 aromatic rings. The maximum absolute atomic E-state index is 13.1. The summed E-state index contributed by atoms with van der Waals surface area (Å²) in [5.74, 6) is 1.53. The second kappa shape index (κ2) is 5.87. The van der Waals surface area contributed by atoms with Crippen LogP contribution in [-0.2, 0) is 4.79 Å². The summed E-state index contributed by atoms with van der Waals surface area (Å²) in [4.78, 5) is 25.4. The molecule has 4 fully saturated rings. The molecule has 4 saturated carbocycles. The third-order valence-electron chi connectivity index (χ3n) is 6.51. The van der Waals surface area contributed by atoms with Crippen LogP contribution >= 0.6 is 0 Å². The van der Waals surface area contributed by atoms with E-state index in [1.807, 2.05) is 12.1 Å². The molecule has 0 radical (unpaired) electrons. The number of nitrogens with zero attached hydrogens (tertiary/aromatic N) is 4. The van der Waals surface area contributed by atoms with Crippen LogP contribution in [0.4, 0.5) is 5.69 Å². The molecule has 3 N–H and O–H groups in total. The number of amides is 2. The number of rotatable bonds is 4. The number of anilines is 1. The number of carbonyl (C=O) groups excluding carboxylic acids is 2. The van der Waals surface area contributed by atoms with Crippen LogP contribution in [0.5, 0.6) is 0 Å². The van der Waals surface area contributed by atoms with Crippen molar-refractivity contribution in [3.05, 3.63) is 30.1 Å². The highest BCUT2D eigenvalue weighted by molar-refractivity contribution is 5.95. The van der Waals surface area contributed by atoms with Gasteiger partial charge in [0.1, 0.15) is 0 Å². The van der Waals surface area contributed by atoms with E-state index in [4.69, 9.17) is 5.73 Å². The van der Waals surface area contributed by atoms with E-state index in [-0.39, 0.29) is 17.1 Å². The first kappa shape index (κ1) is 16.4. The second-order valence-electron chi connectivity index (χ2n) is 8.47. The largest absolute Gasteiger partial charge is 0.363 e. The Kier molecular flexibility index (Phi) is 3.57. The lowest BCUT2D eigenvalue weighted by atomic mass is 9.49. The van der Waals surface area contributed by atoms with Crippen molar-refractivity contribution < 1.29 is 9.59 Å². The van der Waals surface area contributed by atoms with Gasteiger partial charge in [-0.3, -0.25) is 9.59 Å². The van der Waals surface area contributed by atoms with Gasteiger partial charge in [0.15, 0.2) is 0 Å². The summed E-state index contributed by atoms with van der Waals surface area (Å²) in [6, 6.07) is 7.20. The maximum atomic E-state index is 13.1.